The summed E-state index contributed by atoms with van der Waals surface area (Å²) in [5.41, 5.74) is 5.49. The van der Waals surface area contributed by atoms with Crippen LogP contribution in [0.5, 0.6) is 0 Å². The molecule has 132 valence electrons. The molecule has 6 rings (SSSR count). The lowest BCUT2D eigenvalue weighted by atomic mass is 10.1. The summed E-state index contributed by atoms with van der Waals surface area (Å²) in [5, 5.41) is 3.52. The van der Waals surface area contributed by atoms with Crippen molar-refractivity contribution in [1.29, 1.82) is 0 Å². The van der Waals surface area contributed by atoms with Crippen LogP contribution in [0.25, 0.3) is 49.7 Å². The molecule has 0 aliphatic carbocycles. The number of furan rings is 1. The number of rotatable bonds is 2. The Kier molecular flexibility index (Phi) is 3.17. The number of hydrogen-bond acceptors (Lipinski definition) is 2. The molecule has 0 radical (unpaired) electrons. The number of fused-ring (bicyclic) bond motifs is 5. The maximum absolute atomic E-state index is 5.67. The summed E-state index contributed by atoms with van der Waals surface area (Å²) in [6.45, 7) is 0. The topological polar surface area (TPSA) is 31.0 Å². The summed E-state index contributed by atoms with van der Waals surface area (Å²) in [7, 11) is 0. The first-order chi connectivity index (χ1) is 13.9. The second-order valence-corrected chi connectivity index (χ2v) is 6.92. The molecule has 0 saturated carbocycles. The van der Waals surface area contributed by atoms with Gasteiger partial charge in [-0.25, -0.2) is 4.98 Å². The summed E-state index contributed by atoms with van der Waals surface area (Å²) in [4.78, 5) is 4.73. The summed E-state index contributed by atoms with van der Waals surface area (Å²) in [6, 6.07) is 29.3. The SMILES string of the molecule is c1ccc(-c2ccnc(-n3c4ccccc4c4ccc5occc5c43)c2)cc1. The molecule has 0 unspecified atom stereocenters. The Bertz CT molecular complexity index is 1460. The van der Waals surface area contributed by atoms with Crippen molar-refractivity contribution in [2.75, 3.05) is 0 Å². The van der Waals surface area contributed by atoms with E-state index in [2.05, 4.69) is 71.3 Å². The van der Waals surface area contributed by atoms with Crippen LogP contribution in [0.3, 0.4) is 0 Å². The zero-order chi connectivity index (χ0) is 18.5. The Balaban J connectivity index is 1.73. The lowest BCUT2D eigenvalue weighted by Gasteiger charge is -2.09. The van der Waals surface area contributed by atoms with Crippen molar-refractivity contribution in [2.24, 2.45) is 0 Å². The number of para-hydroxylation sites is 1. The van der Waals surface area contributed by atoms with Crippen molar-refractivity contribution in [3.05, 3.63) is 97.4 Å². The van der Waals surface area contributed by atoms with Gasteiger partial charge in [-0.3, -0.25) is 4.57 Å². The van der Waals surface area contributed by atoms with Gasteiger partial charge in [0.05, 0.1) is 17.3 Å². The van der Waals surface area contributed by atoms with Crippen LogP contribution >= 0.6 is 0 Å². The Morgan fingerprint density at radius 3 is 2.46 bits per heavy atom. The number of nitrogens with zero attached hydrogens (tertiary/aromatic N) is 2. The second kappa shape index (κ2) is 5.83. The Hall–Kier alpha value is -3.85. The minimum Gasteiger partial charge on any atom is -0.464 e. The standard InChI is InChI=1S/C25H16N2O/c1-2-6-17(7-3-1)18-12-14-26-24(16-18)27-22-9-5-4-8-19(22)20-10-11-23-21(25(20)27)13-15-28-23/h1-16H. The van der Waals surface area contributed by atoms with Gasteiger partial charge < -0.3 is 4.42 Å². The molecule has 3 heterocycles. The Labute approximate surface area is 161 Å². The summed E-state index contributed by atoms with van der Waals surface area (Å²) < 4.78 is 7.92. The van der Waals surface area contributed by atoms with Gasteiger partial charge in [-0.2, -0.15) is 0 Å². The van der Waals surface area contributed by atoms with Crippen molar-refractivity contribution in [3.63, 3.8) is 0 Å². The van der Waals surface area contributed by atoms with Crippen molar-refractivity contribution >= 4 is 32.8 Å². The van der Waals surface area contributed by atoms with Gasteiger partial charge in [-0.1, -0.05) is 48.5 Å². The van der Waals surface area contributed by atoms with Crippen LogP contribution < -0.4 is 0 Å². The highest BCUT2D eigenvalue weighted by Gasteiger charge is 2.16. The van der Waals surface area contributed by atoms with E-state index in [4.69, 9.17) is 9.40 Å². The maximum Gasteiger partial charge on any atom is 0.138 e. The molecule has 28 heavy (non-hydrogen) atoms. The lowest BCUT2D eigenvalue weighted by Crippen LogP contribution is -1.97. The van der Waals surface area contributed by atoms with Crippen molar-refractivity contribution in [3.8, 4) is 16.9 Å². The van der Waals surface area contributed by atoms with E-state index in [1.807, 2.05) is 24.4 Å². The maximum atomic E-state index is 5.67. The van der Waals surface area contributed by atoms with Crippen LogP contribution in [-0.4, -0.2) is 9.55 Å². The molecule has 3 nitrogen and oxygen atoms in total. The molecule has 6 aromatic rings. The predicted molar refractivity (Wildman–Crippen MR) is 114 cm³/mol. The monoisotopic (exact) mass is 360 g/mol. The molecule has 0 fully saturated rings. The normalized spacial score (nSPS) is 11.6. The summed E-state index contributed by atoms with van der Waals surface area (Å²) >= 11 is 0. The molecule has 0 bridgehead atoms. The largest absolute Gasteiger partial charge is 0.464 e. The minimum atomic E-state index is 0.885. The summed E-state index contributed by atoms with van der Waals surface area (Å²) in [6.07, 6.45) is 3.63. The molecule has 0 aliphatic rings. The van der Waals surface area contributed by atoms with E-state index in [1.54, 1.807) is 6.26 Å². The second-order valence-electron chi connectivity index (χ2n) is 6.92. The van der Waals surface area contributed by atoms with E-state index in [1.165, 1.54) is 16.3 Å². The van der Waals surface area contributed by atoms with Crippen molar-refractivity contribution in [2.45, 2.75) is 0 Å². The number of aromatic nitrogens is 2. The number of pyridine rings is 1. The van der Waals surface area contributed by atoms with Gasteiger partial charge in [-0.15, -0.1) is 0 Å². The first-order valence-electron chi connectivity index (χ1n) is 9.31. The highest BCUT2D eigenvalue weighted by atomic mass is 16.3. The third kappa shape index (κ3) is 2.13. The van der Waals surface area contributed by atoms with Crippen LogP contribution in [0.1, 0.15) is 0 Å². The molecule has 0 spiro atoms. The molecular formula is C25H16N2O. The third-order valence-corrected chi connectivity index (χ3v) is 5.35. The molecule has 0 atom stereocenters. The zero-order valence-corrected chi connectivity index (χ0v) is 15.0. The smallest absolute Gasteiger partial charge is 0.138 e. The predicted octanol–water partition coefficient (Wildman–Crippen LogP) is 6.59. The summed E-state index contributed by atoms with van der Waals surface area (Å²) in [5.74, 6) is 0.904. The minimum absolute atomic E-state index is 0.885. The van der Waals surface area contributed by atoms with E-state index in [-0.39, 0.29) is 0 Å². The van der Waals surface area contributed by atoms with E-state index < -0.39 is 0 Å². The van der Waals surface area contributed by atoms with Gasteiger partial charge in [-0.05, 0) is 47.5 Å². The first-order valence-corrected chi connectivity index (χ1v) is 9.31. The van der Waals surface area contributed by atoms with Crippen LogP contribution in [0, 0.1) is 0 Å². The fourth-order valence-corrected chi connectivity index (χ4v) is 4.09. The number of benzene rings is 3. The molecule has 3 heteroatoms. The van der Waals surface area contributed by atoms with Crippen LogP contribution in [0.15, 0.2) is 102 Å². The van der Waals surface area contributed by atoms with Crippen LogP contribution in [-0.2, 0) is 0 Å². The fraction of sp³-hybridized carbons (Fsp3) is 0. The Morgan fingerprint density at radius 1 is 0.679 bits per heavy atom. The highest BCUT2D eigenvalue weighted by Crippen LogP contribution is 2.36. The molecule has 0 aliphatic heterocycles. The average molecular weight is 360 g/mol. The molecule has 0 saturated heterocycles. The molecule has 0 amide bonds. The van der Waals surface area contributed by atoms with Gasteiger partial charge >= 0.3 is 0 Å². The van der Waals surface area contributed by atoms with Gasteiger partial charge in [0.25, 0.3) is 0 Å². The zero-order valence-electron chi connectivity index (χ0n) is 15.0. The van der Waals surface area contributed by atoms with Crippen LogP contribution in [0.2, 0.25) is 0 Å². The molecule has 0 N–H and O–H groups in total. The third-order valence-electron chi connectivity index (χ3n) is 5.35. The average Bonchev–Trinajstić information content (AvgIpc) is 3.37. The van der Waals surface area contributed by atoms with Gasteiger partial charge in [0.15, 0.2) is 0 Å². The van der Waals surface area contributed by atoms with Gasteiger partial charge in [0.1, 0.15) is 11.4 Å². The van der Waals surface area contributed by atoms with E-state index in [9.17, 15) is 0 Å². The molecule has 3 aromatic heterocycles. The van der Waals surface area contributed by atoms with E-state index in [0.717, 1.165) is 33.4 Å². The van der Waals surface area contributed by atoms with Crippen LogP contribution in [0.4, 0.5) is 0 Å². The van der Waals surface area contributed by atoms with Gasteiger partial charge in [0.2, 0.25) is 0 Å². The molecular weight excluding hydrogens is 344 g/mol. The molecule has 3 aromatic carbocycles. The lowest BCUT2D eigenvalue weighted by molar-refractivity contribution is 0.616. The quantitative estimate of drug-likeness (QED) is 0.349. The highest BCUT2D eigenvalue weighted by molar-refractivity contribution is 6.17. The Morgan fingerprint density at radius 2 is 1.54 bits per heavy atom. The van der Waals surface area contributed by atoms with Crippen molar-refractivity contribution in [1.82, 2.24) is 9.55 Å². The van der Waals surface area contributed by atoms with Crippen molar-refractivity contribution < 1.29 is 4.42 Å². The van der Waals surface area contributed by atoms with E-state index in [0.29, 0.717) is 0 Å². The fourth-order valence-electron chi connectivity index (χ4n) is 4.09. The first kappa shape index (κ1) is 15.2. The number of hydrogen-bond donors (Lipinski definition) is 0. The van der Waals surface area contributed by atoms with Gasteiger partial charge in [0, 0.05) is 22.4 Å². The van der Waals surface area contributed by atoms with E-state index >= 15 is 0 Å².